The van der Waals surface area contributed by atoms with Crippen LogP contribution >= 0.6 is 11.3 Å². The number of pyridine rings is 3. The third kappa shape index (κ3) is 13.2. The van der Waals surface area contributed by atoms with Crippen molar-refractivity contribution in [3.05, 3.63) is 213 Å². The lowest BCUT2D eigenvalue weighted by atomic mass is 9.73. The van der Waals surface area contributed by atoms with Gasteiger partial charge in [-0.15, -0.1) is 11.3 Å². The standard InChI is InChI=1S/C31H27NO4S.2C26H25NO5/c1-17-8-13-26(36-19(3)20-9-11-21(12-10-20)22-15-35-16-22)28-24(31(33)34)14-25(32-29(17)28)30-18(2)23-6-4-5-7-27(23)37-30;2*1-14-8-9-21(31-13-16-11-26(3,30)12-16)22-18(25(28)29)10-19(27-23(14)22)24-15(2)17-6-4-5-7-20(17)32-24/h4-14,19,22H,15-16H2,1-3H3,(H,33,34);2*4-10,16,30H,11-13H2,1-3H3,(H,28,29). The first-order valence-corrected chi connectivity index (χ1v) is 34.7. The van der Waals surface area contributed by atoms with Crippen LogP contribution in [0.15, 0.2) is 160 Å². The smallest absolute Gasteiger partial charge is 0.336 e. The van der Waals surface area contributed by atoms with Gasteiger partial charge >= 0.3 is 17.9 Å². The van der Waals surface area contributed by atoms with Crippen LogP contribution in [0.1, 0.15) is 134 Å². The second-order valence-corrected chi connectivity index (χ2v) is 28.9. The third-order valence-electron chi connectivity index (χ3n) is 20.0. The number of aromatic nitrogens is 3. The molecule has 7 heterocycles. The summed E-state index contributed by atoms with van der Waals surface area (Å²) in [5.41, 5.74) is 12.0. The Hall–Kier alpha value is -10.5. The third-order valence-corrected chi connectivity index (χ3v) is 21.3. The van der Waals surface area contributed by atoms with E-state index in [1.807, 2.05) is 140 Å². The quantitative estimate of drug-likeness (QED) is 0.0603. The average Bonchev–Trinajstić information content (AvgIpc) is 1.73. The SMILES string of the molecule is Cc1c(-c2cc(C(=O)O)c3c(OC(C)c4ccc(C5COC5)cc4)ccc(C)c3n2)sc2ccccc12.Cc1c(-c2cc(C(=O)O)c3c(OCC4CC(C)(O)C4)ccc(C)c3n2)oc2ccccc12.Cc1c(-c2cc(C(=O)O)c3c(OCC4CC(C)(O)C4)ccc(C)c3n2)oc2ccccc12. The maximum absolute atomic E-state index is 12.5. The second kappa shape index (κ2) is 26.9. The Balaban J connectivity index is 0.000000129. The number of para-hydroxylation sites is 2. The number of fused-ring (bicyclic) bond motifs is 6. The molecular weight excluding hydrogens is 1290 g/mol. The van der Waals surface area contributed by atoms with Crippen LogP contribution in [0, 0.1) is 53.4 Å². The van der Waals surface area contributed by atoms with E-state index in [1.54, 1.807) is 41.7 Å². The molecule has 5 N–H and O–H groups in total. The van der Waals surface area contributed by atoms with Crippen LogP contribution in [0.5, 0.6) is 17.2 Å². The van der Waals surface area contributed by atoms with Gasteiger partial charge in [0.15, 0.2) is 11.5 Å². The highest BCUT2D eigenvalue weighted by atomic mass is 32.1. The van der Waals surface area contributed by atoms with Gasteiger partial charge in [-0.3, -0.25) is 0 Å². The molecule has 16 rings (SSSR count). The Morgan fingerprint density at radius 3 is 1.34 bits per heavy atom. The maximum atomic E-state index is 12.5. The number of ether oxygens (including phenoxy) is 4. The molecule has 18 heteroatoms. The van der Waals surface area contributed by atoms with Crippen LogP contribution < -0.4 is 14.2 Å². The highest BCUT2D eigenvalue weighted by Crippen LogP contribution is 2.45. The molecule has 1 unspecified atom stereocenters. The molecule has 0 amide bonds. The van der Waals surface area contributed by atoms with Gasteiger partial charge in [-0.1, -0.05) is 97.1 Å². The van der Waals surface area contributed by atoms with Gasteiger partial charge in [0.1, 0.15) is 45.9 Å². The van der Waals surface area contributed by atoms with Crippen LogP contribution in [0.25, 0.3) is 98.2 Å². The highest BCUT2D eigenvalue weighted by molar-refractivity contribution is 7.22. The van der Waals surface area contributed by atoms with E-state index < -0.39 is 29.1 Å². The zero-order valence-corrected chi connectivity index (χ0v) is 58.4. The molecule has 0 bridgehead atoms. The van der Waals surface area contributed by atoms with Gasteiger partial charge < -0.3 is 53.3 Å². The molecule has 3 aliphatic rings. The van der Waals surface area contributed by atoms with E-state index in [-0.39, 0.29) is 34.6 Å². The molecule has 0 spiro atoms. The number of benzene rings is 7. The lowest BCUT2D eigenvalue weighted by molar-refractivity contribution is -0.0692. The molecule has 17 nitrogen and oxygen atoms in total. The van der Waals surface area contributed by atoms with Gasteiger partial charge in [0, 0.05) is 32.5 Å². The van der Waals surface area contributed by atoms with Gasteiger partial charge in [-0.05, 0) is 193 Å². The molecule has 7 aromatic carbocycles. The van der Waals surface area contributed by atoms with E-state index in [0.717, 1.165) is 83.7 Å². The number of carboxylic acids is 3. The summed E-state index contributed by atoms with van der Waals surface area (Å²) in [4.78, 5) is 52.6. The molecular formula is C83H77N3O14S. The van der Waals surface area contributed by atoms with Crippen LogP contribution in [-0.2, 0) is 4.74 Å². The summed E-state index contributed by atoms with van der Waals surface area (Å²) in [6.45, 7) is 19.8. The number of aromatic carboxylic acids is 3. The molecule has 1 aliphatic heterocycles. The van der Waals surface area contributed by atoms with Crippen LogP contribution in [-0.4, -0.2) is 96.0 Å². The molecule has 0 radical (unpaired) electrons. The number of nitrogens with zero attached hydrogens (tertiary/aromatic N) is 3. The topological polar surface area (TPSA) is 254 Å². The predicted molar refractivity (Wildman–Crippen MR) is 392 cm³/mol. The Morgan fingerprint density at radius 2 is 0.921 bits per heavy atom. The summed E-state index contributed by atoms with van der Waals surface area (Å²) >= 11 is 1.64. The number of carbonyl (C=O) groups is 3. The van der Waals surface area contributed by atoms with Crippen molar-refractivity contribution < 1.29 is 67.7 Å². The first kappa shape index (κ1) is 67.7. The fraction of sp³-hybridized carbons (Fsp3) is 0.277. The van der Waals surface area contributed by atoms with Gasteiger partial charge in [-0.2, -0.15) is 0 Å². The summed E-state index contributed by atoms with van der Waals surface area (Å²) in [7, 11) is 0. The van der Waals surface area contributed by atoms with E-state index in [0.29, 0.717) is 123 Å². The fourth-order valence-electron chi connectivity index (χ4n) is 14.5. The average molecular weight is 1370 g/mol. The minimum atomic E-state index is -1.05. The summed E-state index contributed by atoms with van der Waals surface area (Å²) in [5.74, 6) is 0.524. The van der Waals surface area contributed by atoms with Crippen LogP contribution in [0.2, 0.25) is 0 Å². The number of aliphatic hydroxyl groups is 2. The summed E-state index contributed by atoms with van der Waals surface area (Å²) in [5, 5.41) is 54.9. The number of thiophene rings is 1. The van der Waals surface area contributed by atoms with Crippen molar-refractivity contribution in [2.45, 2.75) is 111 Å². The van der Waals surface area contributed by atoms with Crippen molar-refractivity contribution in [3.63, 3.8) is 0 Å². The van der Waals surface area contributed by atoms with Crippen molar-refractivity contribution in [3.8, 4) is 50.7 Å². The van der Waals surface area contributed by atoms with Crippen molar-refractivity contribution in [2.75, 3.05) is 26.4 Å². The van der Waals surface area contributed by atoms with Crippen LogP contribution in [0.4, 0.5) is 0 Å². The first-order valence-electron chi connectivity index (χ1n) is 33.9. The number of hydrogen-bond donors (Lipinski definition) is 5. The minimum absolute atomic E-state index is 0.129. The minimum Gasteiger partial charge on any atom is -0.493 e. The van der Waals surface area contributed by atoms with E-state index in [1.165, 1.54) is 10.9 Å². The van der Waals surface area contributed by atoms with Gasteiger partial charge in [-0.25, -0.2) is 29.3 Å². The van der Waals surface area contributed by atoms with Crippen molar-refractivity contribution in [1.29, 1.82) is 0 Å². The molecule has 6 aromatic heterocycles. The van der Waals surface area contributed by atoms with Crippen LogP contribution in [0.3, 0.4) is 0 Å². The fourth-order valence-corrected chi connectivity index (χ4v) is 15.7. The molecule has 2 aliphatic carbocycles. The number of hydrogen-bond acceptors (Lipinski definition) is 15. The van der Waals surface area contributed by atoms with Gasteiger partial charge in [0.2, 0.25) is 0 Å². The lowest BCUT2D eigenvalue weighted by Gasteiger charge is -2.40. The van der Waals surface area contributed by atoms with Crippen molar-refractivity contribution in [2.24, 2.45) is 11.8 Å². The molecule has 2 saturated carbocycles. The molecule has 514 valence electrons. The molecule has 1 atom stereocenters. The Labute approximate surface area is 586 Å². The Bertz CT molecular complexity index is 5220. The molecule has 1 saturated heterocycles. The molecule has 3 fully saturated rings. The zero-order chi connectivity index (χ0) is 70.9. The maximum Gasteiger partial charge on any atom is 0.336 e. The van der Waals surface area contributed by atoms with E-state index in [2.05, 4.69) is 43.3 Å². The Morgan fingerprint density at radius 1 is 0.515 bits per heavy atom. The molecule has 13 aromatic rings. The number of furan rings is 2. The van der Waals surface area contributed by atoms with Gasteiger partial charge in [0.25, 0.3) is 0 Å². The summed E-state index contributed by atoms with van der Waals surface area (Å²) < 4.78 is 37.0. The normalized spacial score (nSPS) is 18.3. The highest BCUT2D eigenvalue weighted by Gasteiger charge is 2.40. The largest absolute Gasteiger partial charge is 0.493 e. The number of aryl methyl sites for hydroxylation is 6. The number of carboxylic acid groups (broad SMARTS) is 3. The zero-order valence-electron chi connectivity index (χ0n) is 57.6. The molecule has 101 heavy (non-hydrogen) atoms. The van der Waals surface area contributed by atoms with Crippen molar-refractivity contribution >= 4 is 94.0 Å². The van der Waals surface area contributed by atoms with E-state index in [4.69, 9.17) is 42.7 Å². The van der Waals surface area contributed by atoms with E-state index >= 15 is 0 Å². The second-order valence-electron chi connectivity index (χ2n) is 27.9. The lowest BCUT2D eigenvalue weighted by Crippen LogP contribution is -2.43. The van der Waals surface area contributed by atoms with Crippen molar-refractivity contribution in [1.82, 2.24) is 15.0 Å². The summed E-state index contributed by atoms with van der Waals surface area (Å²) in [6.07, 6.45) is 2.45. The first-order chi connectivity index (χ1) is 48.4. The monoisotopic (exact) mass is 1370 g/mol. The van der Waals surface area contributed by atoms with E-state index in [9.17, 15) is 39.9 Å². The van der Waals surface area contributed by atoms with Gasteiger partial charge in [0.05, 0.1) is 97.6 Å². The Kier molecular flexibility index (Phi) is 18.0. The number of rotatable bonds is 16. The summed E-state index contributed by atoms with van der Waals surface area (Å²) in [6, 6.07) is 48.1. The predicted octanol–water partition coefficient (Wildman–Crippen LogP) is 18.7.